The van der Waals surface area contributed by atoms with Gasteiger partial charge in [-0.05, 0) is 52.3 Å². The van der Waals surface area contributed by atoms with Gasteiger partial charge in [-0.1, -0.05) is 6.07 Å². The molecule has 1 aromatic carbocycles. The third-order valence-corrected chi connectivity index (χ3v) is 4.22. The van der Waals surface area contributed by atoms with E-state index in [4.69, 9.17) is 14.2 Å². The Kier molecular flexibility index (Phi) is 5.58. The molecule has 1 N–H and O–H groups in total. The van der Waals surface area contributed by atoms with Crippen LogP contribution in [0.4, 0.5) is 5.95 Å². The second-order valence-electron chi connectivity index (χ2n) is 7.13. The average Bonchev–Trinajstić information content (AvgIpc) is 3.07. The van der Waals surface area contributed by atoms with Crippen molar-refractivity contribution < 1.29 is 19.0 Å². The molecular weight excluding hydrogens is 360 g/mol. The molecule has 0 aliphatic carbocycles. The number of hydrogen-bond donors (Lipinski definition) is 1. The number of allylic oxidation sites excluding steroid dienone is 1. The molecule has 0 saturated carbocycles. The van der Waals surface area contributed by atoms with E-state index in [2.05, 4.69) is 15.4 Å². The number of methoxy groups -OCH3 is 1. The summed E-state index contributed by atoms with van der Waals surface area (Å²) in [5.41, 5.74) is 1.97. The van der Waals surface area contributed by atoms with Crippen molar-refractivity contribution in [3.8, 4) is 11.5 Å². The molecule has 3 rings (SSSR count). The molecule has 150 valence electrons. The molecule has 8 nitrogen and oxygen atoms in total. The molecule has 0 spiro atoms. The van der Waals surface area contributed by atoms with Crippen molar-refractivity contribution in [2.24, 2.45) is 0 Å². The highest BCUT2D eigenvalue weighted by Gasteiger charge is 2.35. The van der Waals surface area contributed by atoms with Gasteiger partial charge in [0.2, 0.25) is 5.95 Å². The molecule has 0 bridgehead atoms. The Bertz CT molecular complexity index is 901. The fourth-order valence-corrected chi connectivity index (χ4v) is 3.15. The van der Waals surface area contributed by atoms with Crippen molar-refractivity contribution in [2.75, 3.05) is 12.4 Å². The molecule has 0 saturated heterocycles. The Morgan fingerprint density at radius 1 is 1.18 bits per heavy atom. The van der Waals surface area contributed by atoms with Crippen LogP contribution in [0.1, 0.15) is 46.2 Å². The summed E-state index contributed by atoms with van der Waals surface area (Å²) < 4.78 is 18.5. The van der Waals surface area contributed by atoms with E-state index in [9.17, 15) is 4.79 Å². The van der Waals surface area contributed by atoms with Crippen LogP contribution in [-0.2, 0) is 9.53 Å². The Balaban J connectivity index is 2.10. The van der Waals surface area contributed by atoms with Crippen LogP contribution < -0.4 is 14.8 Å². The zero-order valence-corrected chi connectivity index (χ0v) is 17.0. The number of ether oxygens (including phenoxy) is 3. The van der Waals surface area contributed by atoms with Crippen molar-refractivity contribution in [1.29, 1.82) is 0 Å². The molecule has 1 unspecified atom stereocenters. The van der Waals surface area contributed by atoms with Gasteiger partial charge in [-0.3, -0.25) is 0 Å². The fourth-order valence-electron chi connectivity index (χ4n) is 3.15. The number of esters is 1. The summed E-state index contributed by atoms with van der Waals surface area (Å²) in [6, 6.07) is 5.10. The van der Waals surface area contributed by atoms with Gasteiger partial charge in [-0.2, -0.15) is 10.1 Å². The average molecular weight is 386 g/mol. The third kappa shape index (κ3) is 3.81. The quantitative estimate of drug-likeness (QED) is 0.762. The Labute approximate surface area is 164 Å². The van der Waals surface area contributed by atoms with Crippen LogP contribution in [0, 0.1) is 0 Å². The van der Waals surface area contributed by atoms with E-state index in [1.165, 1.54) is 6.33 Å². The van der Waals surface area contributed by atoms with Crippen LogP contribution in [0.15, 0.2) is 35.8 Å². The zero-order chi connectivity index (χ0) is 20.4. The molecule has 8 heteroatoms. The lowest BCUT2D eigenvalue weighted by molar-refractivity contribution is -0.143. The minimum atomic E-state index is -0.494. The molecule has 0 fully saturated rings. The highest BCUT2D eigenvalue weighted by atomic mass is 16.5. The molecule has 0 amide bonds. The summed E-state index contributed by atoms with van der Waals surface area (Å²) >= 11 is 0. The molecule has 1 aromatic heterocycles. The van der Waals surface area contributed by atoms with Crippen molar-refractivity contribution >= 4 is 11.9 Å². The van der Waals surface area contributed by atoms with E-state index in [-0.39, 0.29) is 12.2 Å². The van der Waals surface area contributed by atoms with Crippen LogP contribution in [0.2, 0.25) is 0 Å². The van der Waals surface area contributed by atoms with E-state index < -0.39 is 12.0 Å². The summed E-state index contributed by atoms with van der Waals surface area (Å²) in [5.74, 6) is 1.39. The predicted octanol–water partition coefficient (Wildman–Crippen LogP) is 3.31. The van der Waals surface area contributed by atoms with Crippen LogP contribution in [-0.4, -0.2) is 40.1 Å². The monoisotopic (exact) mass is 386 g/mol. The number of nitrogens with zero attached hydrogens (tertiary/aromatic N) is 3. The molecule has 2 heterocycles. The topological polar surface area (TPSA) is 87.5 Å². The minimum Gasteiger partial charge on any atom is -0.493 e. The second kappa shape index (κ2) is 7.92. The van der Waals surface area contributed by atoms with Crippen LogP contribution in [0.25, 0.3) is 0 Å². The van der Waals surface area contributed by atoms with Gasteiger partial charge in [0.1, 0.15) is 12.4 Å². The maximum Gasteiger partial charge on any atom is 0.338 e. The molecule has 1 aliphatic heterocycles. The number of aromatic nitrogens is 3. The summed E-state index contributed by atoms with van der Waals surface area (Å²) in [4.78, 5) is 17.1. The normalized spacial score (nSPS) is 16.1. The van der Waals surface area contributed by atoms with Gasteiger partial charge in [0, 0.05) is 5.70 Å². The van der Waals surface area contributed by atoms with Crippen molar-refractivity contribution in [3.05, 3.63) is 41.4 Å². The van der Waals surface area contributed by atoms with E-state index in [1.807, 2.05) is 52.8 Å². The van der Waals surface area contributed by atoms with Crippen molar-refractivity contribution in [3.63, 3.8) is 0 Å². The first kappa shape index (κ1) is 19.7. The summed E-state index contributed by atoms with van der Waals surface area (Å²) in [6.45, 7) is 9.37. The first-order valence-electron chi connectivity index (χ1n) is 9.24. The number of carbonyl (C=O) groups excluding carboxylic acids is 1. The van der Waals surface area contributed by atoms with Gasteiger partial charge in [0.25, 0.3) is 0 Å². The molecule has 2 aromatic rings. The summed E-state index contributed by atoms with van der Waals surface area (Å²) in [5, 5.41) is 7.44. The summed E-state index contributed by atoms with van der Waals surface area (Å²) in [6.07, 6.45) is 1.23. The number of anilines is 1. The SMILES string of the molecule is COc1cc(C2C(C(=O)OC(C)C)=C(C)Nc3ncnn32)ccc1OC(C)C. The number of rotatable bonds is 6. The molecular formula is C20H26N4O4. The summed E-state index contributed by atoms with van der Waals surface area (Å²) in [7, 11) is 1.59. The molecule has 1 atom stereocenters. The Hall–Kier alpha value is -3.03. The third-order valence-electron chi connectivity index (χ3n) is 4.22. The zero-order valence-electron chi connectivity index (χ0n) is 17.0. The lowest BCUT2D eigenvalue weighted by Crippen LogP contribution is -2.30. The molecule has 1 aliphatic rings. The lowest BCUT2D eigenvalue weighted by Gasteiger charge is -2.29. The first-order valence-corrected chi connectivity index (χ1v) is 9.24. The Morgan fingerprint density at radius 2 is 1.93 bits per heavy atom. The van der Waals surface area contributed by atoms with Crippen LogP contribution in [0.3, 0.4) is 0 Å². The van der Waals surface area contributed by atoms with Gasteiger partial charge in [0.15, 0.2) is 11.5 Å². The number of nitrogens with one attached hydrogen (secondary N) is 1. The number of carbonyl (C=O) groups is 1. The van der Waals surface area contributed by atoms with E-state index in [1.54, 1.807) is 11.8 Å². The van der Waals surface area contributed by atoms with E-state index in [0.29, 0.717) is 28.7 Å². The van der Waals surface area contributed by atoms with Crippen LogP contribution in [0.5, 0.6) is 11.5 Å². The van der Waals surface area contributed by atoms with Gasteiger partial charge in [0.05, 0.1) is 24.9 Å². The van der Waals surface area contributed by atoms with Gasteiger partial charge < -0.3 is 19.5 Å². The number of hydrogen-bond acceptors (Lipinski definition) is 7. The maximum atomic E-state index is 12.9. The number of fused-ring (bicyclic) bond motifs is 1. The highest BCUT2D eigenvalue weighted by molar-refractivity contribution is 5.92. The van der Waals surface area contributed by atoms with E-state index >= 15 is 0 Å². The van der Waals surface area contributed by atoms with Gasteiger partial charge in [-0.25, -0.2) is 9.48 Å². The highest BCUT2D eigenvalue weighted by Crippen LogP contribution is 2.39. The maximum absolute atomic E-state index is 12.9. The molecule has 28 heavy (non-hydrogen) atoms. The van der Waals surface area contributed by atoms with Gasteiger partial charge in [-0.15, -0.1) is 0 Å². The number of benzene rings is 1. The predicted molar refractivity (Wildman–Crippen MR) is 104 cm³/mol. The first-order chi connectivity index (χ1) is 13.3. The fraction of sp³-hybridized carbons (Fsp3) is 0.450. The smallest absolute Gasteiger partial charge is 0.338 e. The largest absolute Gasteiger partial charge is 0.493 e. The standard InChI is InChI=1S/C20H26N4O4/c1-11(2)27-15-8-7-14(9-16(15)26-6)18-17(19(25)28-12(3)4)13(5)23-20-21-10-22-24(18)20/h7-12,18H,1-6H3,(H,21,22,23). The van der Waals surface area contributed by atoms with Crippen LogP contribution >= 0.6 is 0 Å². The van der Waals surface area contributed by atoms with Crippen molar-refractivity contribution in [1.82, 2.24) is 14.8 Å². The Morgan fingerprint density at radius 3 is 2.57 bits per heavy atom. The second-order valence-corrected chi connectivity index (χ2v) is 7.13. The van der Waals surface area contributed by atoms with Gasteiger partial charge >= 0.3 is 5.97 Å². The molecule has 0 radical (unpaired) electrons. The van der Waals surface area contributed by atoms with E-state index in [0.717, 1.165) is 5.56 Å². The lowest BCUT2D eigenvalue weighted by atomic mass is 9.95. The minimum absolute atomic E-state index is 0.0132. The van der Waals surface area contributed by atoms with Crippen molar-refractivity contribution in [2.45, 2.75) is 52.9 Å².